The molecule has 1 N–H and O–H groups in total. The van der Waals surface area contributed by atoms with Gasteiger partial charge < -0.3 is 5.32 Å². The average molecular weight is 283 g/mol. The number of halogens is 1. The number of imidazole rings is 1. The van der Waals surface area contributed by atoms with Gasteiger partial charge in [-0.3, -0.25) is 4.57 Å². The zero-order chi connectivity index (χ0) is 15.0. The third-order valence-corrected chi connectivity index (χ3v) is 3.83. The van der Waals surface area contributed by atoms with Crippen molar-refractivity contribution in [3.05, 3.63) is 59.2 Å². The fourth-order valence-corrected chi connectivity index (χ4v) is 2.58. The van der Waals surface area contributed by atoms with Crippen LogP contribution in [0.2, 0.25) is 0 Å². The Kier molecular flexibility index (Phi) is 3.47. The summed E-state index contributed by atoms with van der Waals surface area (Å²) >= 11 is 0. The zero-order valence-corrected chi connectivity index (χ0v) is 12.4. The van der Waals surface area contributed by atoms with E-state index in [0.717, 1.165) is 22.3 Å². The van der Waals surface area contributed by atoms with E-state index in [0.29, 0.717) is 6.54 Å². The van der Waals surface area contributed by atoms with E-state index in [9.17, 15) is 4.39 Å². The Morgan fingerprint density at radius 3 is 2.67 bits per heavy atom. The van der Waals surface area contributed by atoms with E-state index in [1.807, 2.05) is 11.6 Å². The quantitative estimate of drug-likeness (QED) is 0.797. The highest BCUT2D eigenvalue weighted by Gasteiger charge is 2.10. The van der Waals surface area contributed by atoms with Crippen LogP contribution in [-0.4, -0.2) is 16.6 Å². The maximum Gasteiger partial charge on any atom is 0.123 e. The fourth-order valence-electron chi connectivity index (χ4n) is 2.58. The Balaban J connectivity index is 2.23. The Bertz CT molecular complexity index is 805. The Morgan fingerprint density at radius 1 is 1.14 bits per heavy atom. The van der Waals surface area contributed by atoms with Crippen LogP contribution in [0.15, 0.2) is 36.7 Å². The van der Waals surface area contributed by atoms with Gasteiger partial charge in [0.15, 0.2) is 0 Å². The summed E-state index contributed by atoms with van der Waals surface area (Å²) in [6.07, 6.45) is 1.80. The van der Waals surface area contributed by atoms with Gasteiger partial charge in [0.2, 0.25) is 0 Å². The van der Waals surface area contributed by atoms with Crippen LogP contribution in [0.5, 0.6) is 0 Å². The van der Waals surface area contributed by atoms with Crippen molar-refractivity contribution in [2.45, 2.75) is 20.4 Å². The van der Waals surface area contributed by atoms with Gasteiger partial charge in [-0.1, -0.05) is 0 Å². The van der Waals surface area contributed by atoms with Crippen molar-refractivity contribution >= 4 is 11.0 Å². The van der Waals surface area contributed by atoms with E-state index < -0.39 is 0 Å². The van der Waals surface area contributed by atoms with Crippen LogP contribution >= 0.6 is 0 Å². The largest absolute Gasteiger partial charge is 0.316 e. The Hall–Kier alpha value is -2.20. The highest BCUT2D eigenvalue weighted by molar-refractivity contribution is 5.79. The van der Waals surface area contributed by atoms with E-state index in [1.165, 1.54) is 17.2 Å². The first-order valence-electron chi connectivity index (χ1n) is 6.98. The van der Waals surface area contributed by atoms with Crippen molar-refractivity contribution < 1.29 is 4.39 Å². The summed E-state index contributed by atoms with van der Waals surface area (Å²) in [5.41, 5.74) is 6.32. The second-order valence-electron chi connectivity index (χ2n) is 5.34. The molecule has 0 fully saturated rings. The molecular formula is C17H18FN3. The van der Waals surface area contributed by atoms with Gasteiger partial charge in [0.05, 0.1) is 16.7 Å². The van der Waals surface area contributed by atoms with Crippen molar-refractivity contribution in [1.82, 2.24) is 14.9 Å². The number of aromatic nitrogens is 2. The molecule has 0 radical (unpaired) electrons. The second kappa shape index (κ2) is 5.30. The molecule has 0 atom stereocenters. The van der Waals surface area contributed by atoms with Gasteiger partial charge in [-0.15, -0.1) is 0 Å². The zero-order valence-electron chi connectivity index (χ0n) is 12.4. The molecule has 0 aliphatic rings. The van der Waals surface area contributed by atoms with E-state index in [1.54, 1.807) is 18.5 Å². The standard InChI is InChI=1S/C17H18FN3/c1-11-6-15-17(7-12(11)2)21(10-20-15)16-5-4-14(18)8-13(16)9-19-3/h4-8,10,19H,9H2,1-3H3. The molecule has 0 saturated heterocycles. The number of hydrogen-bond donors (Lipinski definition) is 1. The predicted octanol–water partition coefficient (Wildman–Crippen LogP) is 3.50. The Morgan fingerprint density at radius 2 is 1.90 bits per heavy atom. The van der Waals surface area contributed by atoms with Gasteiger partial charge in [-0.25, -0.2) is 9.37 Å². The van der Waals surface area contributed by atoms with E-state index in [-0.39, 0.29) is 5.82 Å². The Labute approximate surface area is 123 Å². The van der Waals surface area contributed by atoms with Gasteiger partial charge in [-0.05, 0) is 67.9 Å². The number of nitrogens with zero attached hydrogens (tertiary/aromatic N) is 2. The number of hydrogen-bond acceptors (Lipinski definition) is 2. The van der Waals surface area contributed by atoms with Crippen molar-refractivity contribution in [3.63, 3.8) is 0 Å². The normalized spacial score (nSPS) is 11.2. The molecule has 0 saturated carbocycles. The first-order chi connectivity index (χ1) is 10.1. The lowest BCUT2D eigenvalue weighted by atomic mass is 10.1. The van der Waals surface area contributed by atoms with Crippen LogP contribution in [0, 0.1) is 19.7 Å². The number of nitrogens with one attached hydrogen (secondary N) is 1. The van der Waals surface area contributed by atoms with Crippen molar-refractivity contribution in [2.75, 3.05) is 7.05 Å². The van der Waals surface area contributed by atoms with Gasteiger partial charge in [-0.2, -0.15) is 0 Å². The summed E-state index contributed by atoms with van der Waals surface area (Å²) in [5, 5.41) is 3.08. The first kappa shape index (κ1) is 13.8. The lowest BCUT2D eigenvalue weighted by Gasteiger charge is -2.12. The highest BCUT2D eigenvalue weighted by Crippen LogP contribution is 2.24. The molecule has 1 heterocycles. The van der Waals surface area contributed by atoms with Gasteiger partial charge in [0.1, 0.15) is 12.1 Å². The van der Waals surface area contributed by atoms with Crippen molar-refractivity contribution in [3.8, 4) is 5.69 Å². The summed E-state index contributed by atoms with van der Waals surface area (Å²) in [7, 11) is 1.86. The van der Waals surface area contributed by atoms with E-state index in [4.69, 9.17) is 0 Å². The second-order valence-corrected chi connectivity index (χ2v) is 5.34. The van der Waals surface area contributed by atoms with Crippen LogP contribution in [0.25, 0.3) is 16.7 Å². The van der Waals surface area contributed by atoms with Gasteiger partial charge in [0.25, 0.3) is 0 Å². The minimum atomic E-state index is -0.222. The first-order valence-corrected chi connectivity index (χ1v) is 6.98. The number of fused-ring (bicyclic) bond motifs is 1. The molecule has 0 unspecified atom stereocenters. The summed E-state index contributed by atoms with van der Waals surface area (Å²) in [6.45, 7) is 4.78. The summed E-state index contributed by atoms with van der Waals surface area (Å²) in [4.78, 5) is 4.47. The SMILES string of the molecule is CNCc1cc(F)ccc1-n1cnc2cc(C)c(C)cc21. The topological polar surface area (TPSA) is 29.9 Å². The van der Waals surface area contributed by atoms with E-state index in [2.05, 4.69) is 36.3 Å². The number of benzene rings is 2. The molecule has 3 nitrogen and oxygen atoms in total. The molecule has 0 aliphatic carbocycles. The third-order valence-electron chi connectivity index (χ3n) is 3.83. The molecule has 108 valence electrons. The monoisotopic (exact) mass is 283 g/mol. The molecule has 4 heteroatoms. The van der Waals surface area contributed by atoms with Gasteiger partial charge in [0, 0.05) is 6.54 Å². The molecule has 0 amide bonds. The summed E-state index contributed by atoms with van der Waals surface area (Å²) < 4.78 is 15.5. The molecule has 0 aliphatic heterocycles. The van der Waals surface area contributed by atoms with E-state index >= 15 is 0 Å². The molecular weight excluding hydrogens is 265 g/mol. The lowest BCUT2D eigenvalue weighted by Crippen LogP contribution is -2.09. The highest BCUT2D eigenvalue weighted by atomic mass is 19.1. The van der Waals surface area contributed by atoms with Crippen LogP contribution in [0.1, 0.15) is 16.7 Å². The predicted molar refractivity (Wildman–Crippen MR) is 83.3 cm³/mol. The average Bonchev–Trinajstić information content (AvgIpc) is 2.83. The third kappa shape index (κ3) is 2.43. The molecule has 21 heavy (non-hydrogen) atoms. The van der Waals surface area contributed by atoms with Crippen LogP contribution in [0.4, 0.5) is 4.39 Å². The van der Waals surface area contributed by atoms with Crippen molar-refractivity contribution in [1.29, 1.82) is 0 Å². The molecule has 2 aromatic carbocycles. The smallest absolute Gasteiger partial charge is 0.123 e. The minimum absolute atomic E-state index is 0.222. The molecule has 3 rings (SSSR count). The minimum Gasteiger partial charge on any atom is -0.316 e. The number of rotatable bonds is 3. The van der Waals surface area contributed by atoms with Crippen LogP contribution in [-0.2, 0) is 6.54 Å². The molecule has 0 bridgehead atoms. The van der Waals surface area contributed by atoms with Crippen molar-refractivity contribution in [2.24, 2.45) is 0 Å². The maximum absolute atomic E-state index is 13.5. The molecule has 3 aromatic rings. The fraction of sp³-hybridized carbons (Fsp3) is 0.235. The lowest BCUT2D eigenvalue weighted by molar-refractivity contribution is 0.623. The molecule has 0 spiro atoms. The summed E-state index contributed by atoms with van der Waals surface area (Å²) in [6, 6.07) is 9.07. The molecule has 1 aromatic heterocycles. The van der Waals surface area contributed by atoms with Crippen LogP contribution in [0.3, 0.4) is 0 Å². The number of aryl methyl sites for hydroxylation is 2. The maximum atomic E-state index is 13.5. The summed E-state index contributed by atoms with van der Waals surface area (Å²) in [5.74, 6) is -0.222. The van der Waals surface area contributed by atoms with Crippen LogP contribution < -0.4 is 5.32 Å². The van der Waals surface area contributed by atoms with Gasteiger partial charge >= 0.3 is 0 Å².